The third-order valence-electron chi connectivity index (χ3n) is 4.46. The van der Waals surface area contributed by atoms with Gasteiger partial charge in [0.15, 0.2) is 0 Å². The fraction of sp³-hybridized carbons (Fsp3) is 0.222. The van der Waals surface area contributed by atoms with Crippen LogP contribution in [0.1, 0.15) is 34.8 Å². The molecule has 5 nitrogen and oxygen atoms in total. The number of nitrogens with zero attached hydrogens (tertiary/aromatic N) is 1. The van der Waals surface area contributed by atoms with Gasteiger partial charge in [-0.1, -0.05) is 24.3 Å². The number of nitrogens with two attached hydrogens (primary N) is 1. The Morgan fingerprint density at radius 2 is 2.04 bits per heavy atom. The van der Waals surface area contributed by atoms with E-state index in [4.69, 9.17) is 5.73 Å². The van der Waals surface area contributed by atoms with Crippen LogP contribution in [-0.2, 0) is 0 Å². The van der Waals surface area contributed by atoms with Gasteiger partial charge in [-0.05, 0) is 37.1 Å². The van der Waals surface area contributed by atoms with Crippen molar-refractivity contribution in [1.29, 1.82) is 0 Å². The summed E-state index contributed by atoms with van der Waals surface area (Å²) in [5, 5.41) is 3.46. The fourth-order valence-electron chi connectivity index (χ4n) is 3.25. The zero-order valence-electron chi connectivity index (χ0n) is 13.0. The number of fused-ring (bicyclic) bond motifs is 1. The number of imidazole rings is 1. The van der Waals surface area contributed by atoms with Gasteiger partial charge in [-0.2, -0.15) is 0 Å². The number of aromatic amines is 1. The number of carbonyl (C=O) groups excluding carboxylic acids is 1. The standard InChI is InChI=1S/C18H17FN4O/c19-12-8-13(17(20)24)16-15(9-12)22-18(23-16)11-5-3-10(4-6-11)14-2-1-7-21-14/h3-6,8-9,14,21H,1-2,7H2,(H2,20,24)(H,22,23). The summed E-state index contributed by atoms with van der Waals surface area (Å²) in [5.41, 5.74) is 8.38. The zero-order valence-corrected chi connectivity index (χ0v) is 13.0. The molecule has 1 aliphatic rings. The van der Waals surface area contributed by atoms with Crippen molar-refractivity contribution in [3.05, 3.63) is 53.3 Å². The number of halogens is 1. The lowest BCUT2D eigenvalue weighted by atomic mass is 10.0. The average Bonchev–Trinajstić information content (AvgIpc) is 3.23. The highest BCUT2D eigenvalue weighted by atomic mass is 19.1. The molecular formula is C18H17FN4O. The van der Waals surface area contributed by atoms with Crippen LogP contribution >= 0.6 is 0 Å². The summed E-state index contributed by atoms with van der Waals surface area (Å²) in [6.45, 7) is 1.05. The van der Waals surface area contributed by atoms with Crippen molar-refractivity contribution < 1.29 is 9.18 Å². The number of H-pyrrole nitrogens is 1. The molecule has 2 aromatic carbocycles. The molecule has 4 rings (SSSR count). The third-order valence-corrected chi connectivity index (χ3v) is 4.46. The van der Waals surface area contributed by atoms with Crippen LogP contribution in [0, 0.1) is 5.82 Å². The van der Waals surface area contributed by atoms with E-state index in [1.54, 1.807) is 0 Å². The maximum atomic E-state index is 13.6. The van der Waals surface area contributed by atoms with Crippen molar-refractivity contribution >= 4 is 16.9 Å². The summed E-state index contributed by atoms with van der Waals surface area (Å²) in [7, 11) is 0. The number of benzene rings is 2. The Balaban J connectivity index is 1.73. The Morgan fingerprint density at radius 3 is 2.71 bits per heavy atom. The smallest absolute Gasteiger partial charge is 0.251 e. The predicted molar refractivity (Wildman–Crippen MR) is 90.0 cm³/mol. The lowest BCUT2D eigenvalue weighted by Gasteiger charge is -2.10. The summed E-state index contributed by atoms with van der Waals surface area (Å²) in [6.07, 6.45) is 2.34. The molecule has 0 bridgehead atoms. The molecule has 122 valence electrons. The molecule has 1 aromatic heterocycles. The topological polar surface area (TPSA) is 83.8 Å². The molecule has 1 aliphatic heterocycles. The van der Waals surface area contributed by atoms with Gasteiger partial charge in [-0.15, -0.1) is 0 Å². The number of hydrogen-bond donors (Lipinski definition) is 3. The Kier molecular flexibility index (Phi) is 3.54. The Hall–Kier alpha value is -2.73. The van der Waals surface area contributed by atoms with Crippen LogP contribution in [0.4, 0.5) is 4.39 Å². The van der Waals surface area contributed by atoms with Gasteiger partial charge in [-0.3, -0.25) is 4.79 Å². The molecule has 4 N–H and O–H groups in total. The minimum Gasteiger partial charge on any atom is -0.366 e. The molecule has 1 unspecified atom stereocenters. The average molecular weight is 324 g/mol. The molecule has 2 heterocycles. The summed E-state index contributed by atoms with van der Waals surface area (Å²) in [6, 6.07) is 10.9. The molecule has 0 aliphatic carbocycles. The first-order valence-corrected chi connectivity index (χ1v) is 7.94. The van der Waals surface area contributed by atoms with Crippen LogP contribution in [0.2, 0.25) is 0 Å². The van der Waals surface area contributed by atoms with Crippen LogP contribution < -0.4 is 11.1 Å². The number of carbonyl (C=O) groups is 1. The highest BCUT2D eigenvalue weighted by Gasteiger charge is 2.17. The lowest BCUT2D eigenvalue weighted by Crippen LogP contribution is -2.12. The second-order valence-electron chi connectivity index (χ2n) is 6.07. The van der Waals surface area contributed by atoms with E-state index < -0.39 is 11.7 Å². The van der Waals surface area contributed by atoms with E-state index in [0.29, 0.717) is 22.9 Å². The SMILES string of the molecule is NC(=O)c1cc(F)cc2[nH]c(-c3ccc(C4CCCN4)cc3)nc12. The van der Waals surface area contributed by atoms with Crippen LogP contribution in [0.5, 0.6) is 0 Å². The van der Waals surface area contributed by atoms with Crippen molar-refractivity contribution in [2.24, 2.45) is 5.73 Å². The Bertz CT molecular complexity index is 911. The zero-order chi connectivity index (χ0) is 16.7. The number of amides is 1. The second-order valence-corrected chi connectivity index (χ2v) is 6.07. The number of aromatic nitrogens is 2. The molecule has 0 spiro atoms. The van der Waals surface area contributed by atoms with E-state index in [0.717, 1.165) is 24.6 Å². The van der Waals surface area contributed by atoms with Gasteiger partial charge in [0.05, 0.1) is 11.1 Å². The van der Waals surface area contributed by atoms with Gasteiger partial charge in [0, 0.05) is 11.6 Å². The summed E-state index contributed by atoms with van der Waals surface area (Å²) >= 11 is 0. The molecule has 0 saturated carbocycles. The maximum absolute atomic E-state index is 13.6. The van der Waals surface area contributed by atoms with E-state index in [1.807, 2.05) is 12.1 Å². The lowest BCUT2D eigenvalue weighted by molar-refractivity contribution is 0.100. The Morgan fingerprint density at radius 1 is 1.25 bits per heavy atom. The summed E-state index contributed by atoms with van der Waals surface area (Å²) in [5.74, 6) is -0.626. The van der Waals surface area contributed by atoms with Gasteiger partial charge in [0.1, 0.15) is 17.2 Å². The normalized spacial score (nSPS) is 17.5. The molecule has 1 atom stereocenters. The quantitative estimate of drug-likeness (QED) is 0.692. The van der Waals surface area contributed by atoms with Crippen molar-refractivity contribution in [3.63, 3.8) is 0 Å². The largest absolute Gasteiger partial charge is 0.366 e. The molecule has 6 heteroatoms. The van der Waals surface area contributed by atoms with E-state index >= 15 is 0 Å². The van der Waals surface area contributed by atoms with Gasteiger partial charge < -0.3 is 16.0 Å². The van der Waals surface area contributed by atoms with Crippen molar-refractivity contribution in [2.75, 3.05) is 6.54 Å². The summed E-state index contributed by atoms with van der Waals surface area (Å²) in [4.78, 5) is 19.0. The first-order valence-electron chi connectivity index (χ1n) is 7.94. The van der Waals surface area contributed by atoms with Gasteiger partial charge in [-0.25, -0.2) is 9.37 Å². The van der Waals surface area contributed by atoms with E-state index in [9.17, 15) is 9.18 Å². The molecule has 1 amide bonds. The maximum Gasteiger partial charge on any atom is 0.251 e. The van der Waals surface area contributed by atoms with Gasteiger partial charge in [0.2, 0.25) is 0 Å². The fourth-order valence-corrected chi connectivity index (χ4v) is 3.25. The first-order chi connectivity index (χ1) is 11.6. The van der Waals surface area contributed by atoms with Crippen LogP contribution in [-0.4, -0.2) is 22.4 Å². The van der Waals surface area contributed by atoms with Crippen molar-refractivity contribution in [2.45, 2.75) is 18.9 Å². The monoisotopic (exact) mass is 324 g/mol. The van der Waals surface area contributed by atoms with Crippen LogP contribution in [0.15, 0.2) is 36.4 Å². The molecule has 3 aromatic rings. The van der Waals surface area contributed by atoms with Crippen molar-refractivity contribution in [1.82, 2.24) is 15.3 Å². The molecule has 1 saturated heterocycles. The third kappa shape index (κ3) is 2.55. The Labute approximate surface area is 138 Å². The number of nitrogens with one attached hydrogen (secondary N) is 2. The second kappa shape index (κ2) is 5.72. The molecule has 24 heavy (non-hydrogen) atoms. The summed E-state index contributed by atoms with van der Waals surface area (Å²) < 4.78 is 13.6. The minimum absolute atomic E-state index is 0.0827. The van der Waals surface area contributed by atoms with Crippen LogP contribution in [0.25, 0.3) is 22.4 Å². The highest BCUT2D eigenvalue weighted by Crippen LogP contribution is 2.27. The van der Waals surface area contributed by atoms with Crippen molar-refractivity contribution in [3.8, 4) is 11.4 Å². The highest BCUT2D eigenvalue weighted by molar-refractivity contribution is 6.04. The minimum atomic E-state index is -0.694. The predicted octanol–water partition coefficient (Wildman–Crippen LogP) is 2.89. The van der Waals surface area contributed by atoms with E-state index in [-0.39, 0.29) is 5.56 Å². The van der Waals surface area contributed by atoms with E-state index in [2.05, 4.69) is 27.4 Å². The number of hydrogen-bond acceptors (Lipinski definition) is 3. The molecular weight excluding hydrogens is 307 g/mol. The molecule has 0 radical (unpaired) electrons. The first kappa shape index (κ1) is 14.8. The van der Waals surface area contributed by atoms with E-state index in [1.165, 1.54) is 18.1 Å². The van der Waals surface area contributed by atoms with Crippen LogP contribution in [0.3, 0.4) is 0 Å². The number of rotatable bonds is 3. The molecule has 1 fully saturated rings. The number of primary amides is 1. The van der Waals surface area contributed by atoms with Gasteiger partial charge in [0.25, 0.3) is 5.91 Å². The van der Waals surface area contributed by atoms with Gasteiger partial charge >= 0.3 is 0 Å².